The number of anilines is 1. The van der Waals surface area contributed by atoms with Crippen LogP contribution in [-0.2, 0) is 13.0 Å². The second-order valence-electron chi connectivity index (χ2n) is 4.26. The van der Waals surface area contributed by atoms with Gasteiger partial charge in [0.25, 0.3) is 5.69 Å². The topological polar surface area (TPSA) is 68.1 Å². The third-order valence-electron chi connectivity index (χ3n) is 2.98. The van der Waals surface area contributed by atoms with E-state index < -0.39 is 4.92 Å². The largest absolute Gasteiger partial charge is 0.365 e. The molecular formula is C14H14BrN3O2. The van der Waals surface area contributed by atoms with E-state index in [4.69, 9.17) is 0 Å². The van der Waals surface area contributed by atoms with Gasteiger partial charge in [0.2, 0.25) is 0 Å². The quantitative estimate of drug-likeness (QED) is 0.664. The summed E-state index contributed by atoms with van der Waals surface area (Å²) in [6.07, 6.45) is 2.21. The summed E-state index contributed by atoms with van der Waals surface area (Å²) in [4.78, 5) is 14.3. The number of benzene rings is 1. The van der Waals surface area contributed by atoms with Gasteiger partial charge in [0.15, 0.2) is 0 Å². The van der Waals surface area contributed by atoms with Gasteiger partial charge in [0, 0.05) is 12.6 Å². The molecule has 1 aromatic heterocycles. The lowest BCUT2D eigenvalue weighted by Gasteiger charge is -2.10. The van der Waals surface area contributed by atoms with Crippen molar-refractivity contribution in [2.24, 2.45) is 0 Å². The van der Waals surface area contributed by atoms with E-state index >= 15 is 0 Å². The Morgan fingerprint density at radius 3 is 2.65 bits per heavy atom. The van der Waals surface area contributed by atoms with Crippen LogP contribution >= 0.6 is 15.9 Å². The zero-order valence-corrected chi connectivity index (χ0v) is 12.6. The van der Waals surface area contributed by atoms with Gasteiger partial charge in [-0.15, -0.1) is 0 Å². The monoisotopic (exact) mass is 335 g/mol. The summed E-state index contributed by atoms with van der Waals surface area (Å²) in [5, 5.41) is 13.8. The van der Waals surface area contributed by atoms with Crippen LogP contribution in [0.3, 0.4) is 0 Å². The molecule has 1 aromatic carbocycles. The average Bonchev–Trinajstić information content (AvgIpc) is 2.46. The second-order valence-corrected chi connectivity index (χ2v) is 5.11. The molecule has 0 aliphatic rings. The highest BCUT2D eigenvalue weighted by Crippen LogP contribution is 2.25. The van der Waals surface area contributed by atoms with Crippen LogP contribution in [0.2, 0.25) is 0 Å². The number of hydrogen-bond acceptors (Lipinski definition) is 4. The van der Waals surface area contributed by atoms with E-state index in [9.17, 15) is 10.1 Å². The van der Waals surface area contributed by atoms with Gasteiger partial charge in [-0.2, -0.15) is 0 Å². The first-order chi connectivity index (χ1) is 9.61. The predicted octanol–water partition coefficient (Wildman–Crippen LogP) is 3.93. The van der Waals surface area contributed by atoms with Gasteiger partial charge in [-0.05, 0) is 33.5 Å². The van der Waals surface area contributed by atoms with Gasteiger partial charge in [0.1, 0.15) is 12.0 Å². The van der Waals surface area contributed by atoms with Crippen molar-refractivity contribution < 1.29 is 4.92 Å². The molecule has 0 aliphatic heterocycles. The third-order valence-corrected chi connectivity index (χ3v) is 3.59. The van der Waals surface area contributed by atoms with Gasteiger partial charge in [-0.3, -0.25) is 10.1 Å². The lowest BCUT2D eigenvalue weighted by Crippen LogP contribution is -2.05. The smallest absolute Gasteiger partial charge is 0.288 e. The van der Waals surface area contributed by atoms with Crippen LogP contribution in [0.4, 0.5) is 11.5 Å². The molecule has 0 saturated carbocycles. The fourth-order valence-corrected chi connectivity index (χ4v) is 2.39. The minimum Gasteiger partial charge on any atom is -0.365 e. The van der Waals surface area contributed by atoms with Crippen LogP contribution in [0.15, 0.2) is 41.0 Å². The lowest BCUT2D eigenvalue weighted by molar-refractivity contribution is -0.385. The highest BCUT2D eigenvalue weighted by molar-refractivity contribution is 9.10. The summed E-state index contributed by atoms with van der Waals surface area (Å²) in [5.41, 5.74) is 2.44. The van der Waals surface area contributed by atoms with E-state index in [-0.39, 0.29) is 5.69 Å². The van der Waals surface area contributed by atoms with Crippen LogP contribution in [0, 0.1) is 10.1 Å². The molecule has 0 aliphatic carbocycles. The Morgan fingerprint density at radius 1 is 1.35 bits per heavy atom. The van der Waals surface area contributed by atoms with E-state index in [0.29, 0.717) is 16.8 Å². The molecule has 20 heavy (non-hydrogen) atoms. The standard InChI is InChI=1S/C14H14BrN3O2/c1-2-10-5-3-4-6-11(10)8-16-14-13(15)7-12(9-17-14)18(19)20/h3-7,9H,2,8H2,1H3,(H,16,17). The normalized spacial score (nSPS) is 10.3. The van der Waals surface area contributed by atoms with Gasteiger partial charge in [-0.1, -0.05) is 31.2 Å². The summed E-state index contributed by atoms with van der Waals surface area (Å²) in [5.74, 6) is 0.599. The summed E-state index contributed by atoms with van der Waals surface area (Å²) >= 11 is 3.30. The molecule has 6 heteroatoms. The number of nitrogens with zero attached hydrogens (tertiary/aromatic N) is 2. The molecule has 0 unspecified atom stereocenters. The van der Waals surface area contributed by atoms with Crippen LogP contribution in [0.1, 0.15) is 18.1 Å². The number of pyridine rings is 1. The number of rotatable bonds is 5. The van der Waals surface area contributed by atoms with Crippen molar-refractivity contribution >= 4 is 27.4 Å². The number of aryl methyl sites for hydroxylation is 1. The Bertz CT molecular complexity index is 632. The molecule has 104 valence electrons. The zero-order chi connectivity index (χ0) is 14.5. The summed E-state index contributed by atoms with van der Waals surface area (Å²) < 4.78 is 0.584. The van der Waals surface area contributed by atoms with Crippen molar-refractivity contribution in [2.45, 2.75) is 19.9 Å². The molecule has 0 bridgehead atoms. The molecule has 5 nitrogen and oxygen atoms in total. The van der Waals surface area contributed by atoms with Gasteiger partial charge in [-0.25, -0.2) is 4.98 Å². The average molecular weight is 336 g/mol. The van der Waals surface area contributed by atoms with Crippen molar-refractivity contribution in [3.63, 3.8) is 0 Å². The van der Waals surface area contributed by atoms with Crippen molar-refractivity contribution in [1.82, 2.24) is 4.98 Å². The van der Waals surface area contributed by atoms with Crippen LogP contribution in [0.25, 0.3) is 0 Å². The Labute approximate surface area is 125 Å². The molecule has 0 spiro atoms. The molecule has 2 aromatic rings. The number of aromatic nitrogens is 1. The van der Waals surface area contributed by atoms with E-state index in [2.05, 4.69) is 45.3 Å². The fourth-order valence-electron chi connectivity index (χ4n) is 1.91. The van der Waals surface area contributed by atoms with Crippen molar-refractivity contribution in [3.05, 3.63) is 62.2 Å². The molecular weight excluding hydrogens is 322 g/mol. The molecule has 0 atom stereocenters. The Balaban J connectivity index is 2.13. The van der Waals surface area contributed by atoms with Crippen LogP contribution in [0.5, 0.6) is 0 Å². The highest BCUT2D eigenvalue weighted by Gasteiger charge is 2.10. The maximum absolute atomic E-state index is 10.7. The first kappa shape index (κ1) is 14.5. The zero-order valence-electron chi connectivity index (χ0n) is 11.0. The van der Waals surface area contributed by atoms with E-state index in [1.807, 2.05) is 12.1 Å². The van der Waals surface area contributed by atoms with Crippen LogP contribution in [-0.4, -0.2) is 9.91 Å². The fraction of sp³-hybridized carbons (Fsp3) is 0.214. The maximum Gasteiger partial charge on any atom is 0.288 e. The number of hydrogen-bond donors (Lipinski definition) is 1. The molecule has 0 radical (unpaired) electrons. The Hall–Kier alpha value is -1.95. The summed E-state index contributed by atoms with van der Waals surface area (Å²) in [6, 6.07) is 9.61. The maximum atomic E-state index is 10.7. The number of halogens is 1. The Kier molecular flexibility index (Phi) is 4.68. The van der Waals surface area contributed by atoms with E-state index in [0.717, 1.165) is 6.42 Å². The minimum atomic E-state index is -0.464. The summed E-state index contributed by atoms with van der Waals surface area (Å²) in [6.45, 7) is 2.74. The molecule has 0 amide bonds. The SMILES string of the molecule is CCc1ccccc1CNc1ncc([N+](=O)[O-])cc1Br. The predicted molar refractivity (Wildman–Crippen MR) is 81.7 cm³/mol. The third kappa shape index (κ3) is 3.33. The van der Waals surface area contributed by atoms with Crippen molar-refractivity contribution in [3.8, 4) is 0 Å². The second kappa shape index (κ2) is 6.47. The number of nitrogens with one attached hydrogen (secondary N) is 1. The molecule has 0 fully saturated rings. The minimum absolute atomic E-state index is 0.0311. The summed E-state index contributed by atoms with van der Waals surface area (Å²) in [7, 11) is 0. The van der Waals surface area contributed by atoms with Gasteiger partial charge >= 0.3 is 0 Å². The molecule has 2 rings (SSSR count). The Morgan fingerprint density at radius 2 is 2.05 bits per heavy atom. The van der Waals surface area contributed by atoms with E-state index in [1.165, 1.54) is 23.4 Å². The first-order valence-electron chi connectivity index (χ1n) is 6.22. The van der Waals surface area contributed by atoms with Crippen LogP contribution < -0.4 is 5.32 Å². The first-order valence-corrected chi connectivity index (χ1v) is 7.01. The molecule has 0 saturated heterocycles. The molecule has 1 heterocycles. The highest BCUT2D eigenvalue weighted by atomic mass is 79.9. The van der Waals surface area contributed by atoms with E-state index in [1.54, 1.807) is 0 Å². The molecule has 1 N–H and O–H groups in total. The van der Waals surface area contributed by atoms with Gasteiger partial charge in [0.05, 0.1) is 9.40 Å². The van der Waals surface area contributed by atoms with Crippen molar-refractivity contribution in [1.29, 1.82) is 0 Å². The number of nitro groups is 1. The van der Waals surface area contributed by atoms with Crippen molar-refractivity contribution in [2.75, 3.05) is 5.32 Å². The van der Waals surface area contributed by atoms with Gasteiger partial charge < -0.3 is 5.32 Å². The lowest BCUT2D eigenvalue weighted by atomic mass is 10.1.